The number of nitrogens with one attached hydrogen (secondary N) is 2. The average Bonchev–Trinajstić information content (AvgIpc) is 3.36. The van der Waals surface area contributed by atoms with Gasteiger partial charge in [-0.05, 0) is 49.0 Å². The molecule has 1 atom stereocenters. The van der Waals surface area contributed by atoms with Crippen LogP contribution in [0.4, 0.5) is 0 Å². The summed E-state index contributed by atoms with van der Waals surface area (Å²) in [6.07, 6.45) is 2.01. The zero-order chi connectivity index (χ0) is 20.3. The Morgan fingerprint density at radius 2 is 2.11 bits per heavy atom. The molecule has 0 bridgehead atoms. The van der Waals surface area contributed by atoms with E-state index in [9.17, 15) is 18.0 Å². The molecule has 1 unspecified atom stereocenters. The number of carbonyl (C=O) groups is 2. The number of fused-ring (bicyclic) bond motifs is 1. The predicted octanol–water partition coefficient (Wildman–Crippen LogP) is 1.73. The van der Waals surface area contributed by atoms with Crippen LogP contribution >= 0.6 is 11.3 Å². The topological polar surface area (TPSA) is 109 Å². The molecule has 2 N–H and O–H groups in total. The van der Waals surface area contributed by atoms with Crippen molar-refractivity contribution in [2.75, 3.05) is 13.6 Å². The summed E-state index contributed by atoms with van der Waals surface area (Å²) >= 11 is 1.70. The van der Waals surface area contributed by atoms with Gasteiger partial charge in [0.15, 0.2) is 5.76 Å². The molecule has 2 amide bonds. The van der Waals surface area contributed by atoms with Gasteiger partial charge < -0.3 is 14.6 Å². The van der Waals surface area contributed by atoms with Crippen molar-refractivity contribution in [2.45, 2.75) is 43.9 Å². The van der Waals surface area contributed by atoms with Crippen LogP contribution in [0.5, 0.6) is 0 Å². The minimum atomic E-state index is -3.78. The summed E-state index contributed by atoms with van der Waals surface area (Å²) in [5.41, 5.74) is 1.15. The van der Waals surface area contributed by atoms with Gasteiger partial charge in [0.2, 0.25) is 11.0 Å². The van der Waals surface area contributed by atoms with Crippen molar-refractivity contribution in [3.63, 3.8) is 0 Å². The van der Waals surface area contributed by atoms with Crippen molar-refractivity contribution in [3.05, 3.63) is 39.8 Å². The van der Waals surface area contributed by atoms with Gasteiger partial charge in [-0.3, -0.25) is 9.59 Å². The number of rotatable bonds is 7. The number of carbonyl (C=O) groups excluding carboxylic acids is 2. The minimum Gasteiger partial charge on any atom is -0.438 e. The maximum absolute atomic E-state index is 13.0. The first-order valence-electron chi connectivity index (χ1n) is 9.04. The Hall–Kier alpha value is -2.17. The Labute approximate surface area is 168 Å². The van der Waals surface area contributed by atoms with Crippen molar-refractivity contribution in [1.82, 2.24) is 14.9 Å². The molecule has 0 aromatic carbocycles. The maximum Gasteiger partial charge on any atom is 0.287 e. The molecule has 0 radical (unpaired) electrons. The Balaban J connectivity index is 1.70. The first kappa shape index (κ1) is 20.6. The highest BCUT2D eigenvalue weighted by Crippen LogP contribution is 2.24. The molecule has 2 aromatic heterocycles. The number of hydrogen-bond donors (Lipinski definition) is 2. The molecule has 3 heterocycles. The summed E-state index contributed by atoms with van der Waals surface area (Å²) in [5.74, 6) is -0.902. The van der Waals surface area contributed by atoms with Crippen LogP contribution in [0.3, 0.4) is 0 Å². The van der Waals surface area contributed by atoms with Crippen LogP contribution in [0.2, 0.25) is 0 Å². The molecular formula is C18H23N3O5S2. The molecule has 1 aliphatic rings. The van der Waals surface area contributed by atoms with E-state index in [4.69, 9.17) is 4.42 Å². The summed E-state index contributed by atoms with van der Waals surface area (Å²) in [6.45, 7) is 3.09. The summed E-state index contributed by atoms with van der Waals surface area (Å²) in [7, 11) is -2.52. The standard InChI is InChI=1S/C18H23N3O5S2/c1-3-4-13(18(23)21-9-7-15-12(11-21)8-10-27-15)20-17(22)14-5-6-16(26-14)28(24,25)19-2/h5-6,8,10,13,19H,3-4,7,9,11H2,1-2H3,(H,20,22). The SMILES string of the molecule is CCCC(NC(=O)c1ccc(S(=O)(=O)NC)o1)C(=O)N1CCc2sccc2C1. The zero-order valence-corrected chi connectivity index (χ0v) is 17.4. The molecular weight excluding hydrogens is 402 g/mol. The number of sulfonamides is 1. The maximum atomic E-state index is 13.0. The van der Waals surface area contributed by atoms with E-state index in [1.54, 1.807) is 16.2 Å². The van der Waals surface area contributed by atoms with E-state index in [1.165, 1.54) is 24.1 Å². The molecule has 0 saturated carbocycles. The summed E-state index contributed by atoms with van der Waals surface area (Å²) in [4.78, 5) is 28.5. The van der Waals surface area contributed by atoms with Crippen LogP contribution in [0.1, 0.15) is 40.8 Å². The van der Waals surface area contributed by atoms with Gasteiger partial charge in [-0.15, -0.1) is 11.3 Å². The van der Waals surface area contributed by atoms with Gasteiger partial charge in [-0.25, -0.2) is 13.1 Å². The third-order valence-corrected chi connectivity index (χ3v) is 6.95. The van der Waals surface area contributed by atoms with Crippen molar-refractivity contribution >= 4 is 33.2 Å². The zero-order valence-electron chi connectivity index (χ0n) is 15.7. The van der Waals surface area contributed by atoms with Crippen LogP contribution in [-0.4, -0.2) is 44.8 Å². The van der Waals surface area contributed by atoms with Gasteiger partial charge in [0, 0.05) is 18.0 Å². The fourth-order valence-corrected chi connectivity index (χ4v) is 4.66. The van der Waals surface area contributed by atoms with Crippen molar-refractivity contribution in [2.24, 2.45) is 0 Å². The van der Waals surface area contributed by atoms with E-state index >= 15 is 0 Å². The van der Waals surface area contributed by atoms with Crippen LogP contribution < -0.4 is 10.0 Å². The van der Waals surface area contributed by atoms with E-state index in [2.05, 4.69) is 10.0 Å². The Morgan fingerprint density at radius 3 is 2.82 bits per heavy atom. The number of thiophene rings is 1. The monoisotopic (exact) mass is 425 g/mol. The lowest BCUT2D eigenvalue weighted by Crippen LogP contribution is -2.49. The number of nitrogens with zero attached hydrogens (tertiary/aromatic N) is 1. The lowest BCUT2D eigenvalue weighted by molar-refractivity contribution is -0.134. The molecule has 2 aromatic rings. The summed E-state index contributed by atoms with van der Waals surface area (Å²) in [6, 6.07) is 3.83. The average molecular weight is 426 g/mol. The van der Waals surface area contributed by atoms with E-state index < -0.39 is 22.0 Å². The molecule has 0 aliphatic carbocycles. The van der Waals surface area contributed by atoms with Crippen LogP contribution in [0.25, 0.3) is 0 Å². The van der Waals surface area contributed by atoms with Crippen molar-refractivity contribution in [3.8, 4) is 0 Å². The molecule has 8 nitrogen and oxygen atoms in total. The number of furan rings is 1. The van der Waals surface area contributed by atoms with E-state index in [1.807, 2.05) is 18.4 Å². The Bertz CT molecular complexity index is 964. The molecule has 28 heavy (non-hydrogen) atoms. The molecule has 10 heteroatoms. The first-order valence-corrected chi connectivity index (χ1v) is 11.4. The fraction of sp³-hybridized carbons (Fsp3) is 0.444. The highest BCUT2D eigenvalue weighted by Gasteiger charge is 2.29. The summed E-state index contributed by atoms with van der Waals surface area (Å²) < 4.78 is 30.8. The number of amides is 2. The highest BCUT2D eigenvalue weighted by atomic mass is 32.2. The largest absolute Gasteiger partial charge is 0.438 e. The summed E-state index contributed by atoms with van der Waals surface area (Å²) in [5, 5.41) is 4.37. The lowest BCUT2D eigenvalue weighted by Gasteiger charge is -2.30. The van der Waals surface area contributed by atoms with Crippen LogP contribution in [0.15, 0.2) is 33.1 Å². The third-order valence-electron chi connectivity index (χ3n) is 4.64. The molecule has 0 saturated heterocycles. The van der Waals surface area contributed by atoms with Crippen LogP contribution in [-0.2, 0) is 27.8 Å². The van der Waals surface area contributed by atoms with Gasteiger partial charge in [-0.1, -0.05) is 13.3 Å². The Kier molecular flexibility index (Phi) is 6.21. The van der Waals surface area contributed by atoms with E-state index in [0.29, 0.717) is 25.9 Å². The van der Waals surface area contributed by atoms with Gasteiger partial charge in [0.1, 0.15) is 6.04 Å². The normalized spacial score (nSPS) is 15.1. The van der Waals surface area contributed by atoms with Gasteiger partial charge in [0.05, 0.1) is 0 Å². The predicted molar refractivity (Wildman–Crippen MR) is 105 cm³/mol. The Morgan fingerprint density at radius 1 is 1.32 bits per heavy atom. The van der Waals surface area contributed by atoms with E-state index in [0.717, 1.165) is 12.0 Å². The third kappa shape index (κ3) is 4.29. The molecule has 0 spiro atoms. The van der Waals surface area contributed by atoms with Crippen LogP contribution in [0, 0.1) is 0 Å². The fourth-order valence-electron chi connectivity index (χ4n) is 3.12. The molecule has 3 rings (SSSR count). The van der Waals surface area contributed by atoms with E-state index in [-0.39, 0.29) is 16.8 Å². The van der Waals surface area contributed by atoms with Gasteiger partial charge in [-0.2, -0.15) is 0 Å². The molecule has 152 valence electrons. The minimum absolute atomic E-state index is 0.137. The van der Waals surface area contributed by atoms with Gasteiger partial charge in [0.25, 0.3) is 15.9 Å². The highest BCUT2D eigenvalue weighted by molar-refractivity contribution is 7.89. The molecule has 1 aliphatic heterocycles. The lowest BCUT2D eigenvalue weighted by atomic mass is 10.1. The second-order valence-electron chi connectivity index (χ2n) is 6.52. The van der Waals surface area contributed by atoms with Crippen molar-refractivity contribution in [1.29, 1.82) is 0 Å². The number of hydrogen-bond acceptors (Lipinski definition) is 6. The smallest absolute Gasteiger partial charge is 0.287 e. The second kappa shape index (κ2) is 8.46. The molecule has 0 fully saturated rings. The van der Waals surface area contributed by atoms with Gasteiger partial charge >= 0.3 is 0 Å². The second-order valence-corrected chi connectivity index (χ2v) is 9.34. The first-order chi connectivity index (χ1) is 13.4. The van der Waals surface area contributed by atoms with Crippen molar-refractivity contribution < 1.29 is 22.4 Å². The quantitative estimate of drug-likeness (QED) is 0.702.